The van der Waals surface area contributed by atoms with Crippen LogP contribution in [0.4, 0.5) is 0 Å². The minimum atomic E-state index is 0.613. The van der Waals surface area contributed by atoms with Crippen molar-refractivity contribution in [3.05, 3.63) is 42.1 Å². The zero-order valence-corrected chi connectivity index (χ0v) is 10.9. The average Bonchev–Trinajstić information content (AvgIpc) is 2.46. The zero-order chi connectivity index (χ0) is 12.4. The summed E-state index contributed by atoms with van der Waals surface area (Å²) >= 11 is 0. The number of hydrogen-bond donors (Lipinski definition) is 1. The molecular formula is C16H20N2. The Kier molecular flexibility index (Phi) is 3.28. The van der Waals surface area contributed by atoms with E-state index in [1.807, 2.05) is 6.07 Å². The van der Waals surface area contributed by atoms with E-state index in [1.54, 1.807) is 0 Å². The van der Waals surface area contributed by atoms with Gasteiger partial charge in [-0.3, -0.25) is 4.98 Å². The highest BCUT2D eigenvalue weighted by Crippen LogP contribution is 2.33. The molecule has 0 bridgehead atoms. The van der Waals surface area contributed by atoms with Crippen LogP contribution in [0.25, 0.3) is 10.9 Å². The van der Waals surface area contributed by atoms with Crippen molar-refractivity contribution in [1.82, 2.24) is 10.3 Å². The first-order valence-corrected chi connectivity index (χ1v) is 6.90. The average molecular weight is 240 g/mol. The van der Waals surface area contributed by atoms with Gasteiger partial charge in [0, 0.05) is 23.5 Å². The van der Waals surface area contributed by atoms with E-state index in [0.29, 0.717) is 12.0 Å². The molecule has 94 valence electrons. The van der Waals surface area contributed by atoms with Crippen LogP contribution in [0.1, 0.15) is 37.2 Å². The fourth-order valence-corrected chi connectivity index (χ4v) is 3.17. The summed E-state index contributed by atoms with van der Waals surface area (Å²) in [5, 5.41) is 4.73. The second-order valence-electron chi connectivity index (χ2n) is 5.25. The molecule has 2 nitrogen and oxygen atoms in total. The quantitative estimate of drug-likeness (QED) is 0.869. The monoisotopic (exact) mass is 240 g/mol. The number of para-hydroxylation sites is 1. The third-order valence-electron chi connectivity index (χ3n) is 4.18. The smallest absolute Gasteiger partial charge is 0.0702 e. The number of pyridine rings is 1. The Morgan fingerprint density at radius 1 is 1.17 bits per heavy atom. The van der Waals surface area contributed by atoms with Crippen molar-refractivity contribution in [3.8, 4) is 0 Å². The number of rotatable bonds is 2. The Hall–Kier alpha value is -1.41. The lowest BCUT2D eigenvalue weighted by Gasteiger charge is -2.31. The molecule has 0 aliphatic heterocycles. The molecule has 2 heteroatoms. The summed E-state index contributed by atoms with van der Waals surface area (Å²) in [4.78, 5) is 4.60. The molecule has 1 heterocycles. The number of fused-ring (bicyclic) bond motifs is 1. The summed E-state index contributed by atoms with van der Waals surface area (Å²) in [7, 11) is 2.08. The number of nitrogens with zero attached hydrogens (tertiary/aromatic N) is 1. The van der Waals surface area contributed by atoms with E-state index >= 15 is 0 Å². The van der Waals surface area contributed by atoms with Crippen LogP contribution in [-0.4, -0.2) is 18.1 Å². The van der Waals surface area contributed by atoms with Crippen LogP contribution in [0.3, 0.4) is 0 Å². The predicted molar refractivity (Wildman–Crippen MR) is 75.8 cm³/mol. The molecular weight excluding hydrogens is 220 g/mol. The van der Waals surface area contributed by atoms with Gasteiger partial charge in [0.2, 0.25) is 0 Å². The predicted octanol–water partition coefficient (Wildman–Crippen LogP) is 3.48. The zero-order valence-electron chi connectivity index (χ0n) is 10.9. The molecule has 1 aromatic carbocycles. The second-order valence-corrected chi connectivity index (χ2v) is 5.25. The topological polar surface area (TPSA) is 24.9 Å². The number of aromatic nitrogens is 1. The number of benzene rings is 1. The van der Waals surface area contributed by atoms with Crippen LogP contribution >= 0.6 is 0 Å². The first-order chi connectivity index (χ1) is 8.88. The van der Waals surface area contributed by atoms with E-state index in [1.165, 1.54) is 36.6 Å². The minimum absolute atomic E-state index is 0.613. The Bertz CT molecular complexity index is 535. The van der Waals surface area contributed by atoms with E-state index in [0.717, 1.165) is 5.52 Å². The Labute approximate surface area is 108 Å². The standard InChI is InChI=1S/C16H20N2/c1-17-16-9-5-3-7-14(16)13-10-12-6-2-4-8-15(12)18-11-13/h2,4,6,8,10-11,14,16-17H,3,5,7,9H2,1H3. The molecule has 0 radical (unpaired) electrons. The molecule has 0 spiro atoms. The highest BCUT2D eigenvalue weighted by Gasteiger charge is 2.25. The van der Waals surface area contributed by atoms with Gasteiger partial charge in [0.1, 0.15) is 0 Å². The van der Waals surface area contributed by atoms with Gasteiger partial charge in [-0.25, -0.2) is 0 Å². The van der Waals surface area contributed by atoms with E-state index < -0.39 is 0 Å². The number of hydrogen-bond acceptors (Lipinski definition) is 2. The number of likely N-dealkylation sites (N-methyl/N-ethyl adjacent to an activating group) is 1. The lowest BCUT2D eigenvalue weighted by atomic mass is 9.80. The van der Waals surface area contributed by atoms with Crippen molar-refractivity contribution in [1.29, 1.82) is 0 Å². The summed E-state index contributed by atoms with van der Waals surface area (Å²) in [5.74, 6) is 0.626. The Morgan fingerprint density at radius 2 is 2.00 bits per heavy atom. The normalized spacial score (nSPS) is 24.3. The molecule has 1 fully saturated rings. The van der Waals surface area contributed by atoms with Crippen LogP contribution in [-0.2, 0) is 0 Å². The fourth-order valence-electron chi connectivity index (χ4n) is 3.17. The lowest BCUT2D eigenvalue weighted by molar-refractivity contribution is 0.344. The van der Waals surface area contributed by atoms with Gasteiger partial charge in [0.15, 0.2) is 0 Å². The first-order valence-electron chi connectivity index (χ1n) is 6.90. The van der Waals surface area contributed by atoms with Crippen molar-refractivity contribution in [3.63, 3.8) is 0 Å². The van der Waals surface area contributed by atoms with E-state index in [4.69, 9.17) is 0 Å². The fraction of sp³-hybridized carbons (Fsp3) is 0.438. The van der Waals surface area contributed by atoms with Gasteiger partial charge in [-0.15, -0.1) is 0 Å². The molecule has 0 saturated heterocycles. The Balaban J connectivity index is 1.97. The molecule has 2 unspecified atom stereocenters. The van der Waals surface area contributed by atoms with Gasteiger partial charge < -0.3 is 5.32 Å². The summed E-state index contributed by atoms with van der Waals surface area (Å²) in [6.45, 7) is 0. The van der Waals surface area contributed by atoms with Crippen LogP contribution in [0.2, 0.25) is 0 Å². The minimum Gasteiger partial charge on any atom is -0.316 e. The van der Waals surface area contributed by atoms with Crippen molar-refractivity contribution in [2.75, 3.05) is 7.05 Å². The number of nitrogens with one attached hydrogen (secondary N) is 1. The maximum Gasteiger partial charge on any atom is 0.0702 e. The molecule has 18 heavy (non-hydrogen) atoms. The van der Waals surface area contributed by atoms with Crippen LogP contribution in [0.15, 0.2) is 36.5 Å². The van der Waals surface area contributed by atoms with Gasteiger partial charge in [-0.2, -0.15) is 0 Å². The van der Waals surface area contributed by atoms with Gasteiger partial charge in [0.05, 0.1) is 5.52 Å². The maximum absolute atomic E-state index is 4.60. The Morgan fingerprint density at radius 3 is 2.89 bits per heavy atom. The maximum atomic E-state index is 4.60. The van der Waals surface area contributed by atoms with Gasteiger partial charge in [-0.1, -0.05) is 31.0 Å². The third-order valence-corrected chi connectivity index (χ3v) is 4.18. The van der Waals surface area contributed by atoms with E-state index in [-0.39, 0.29) is 0 Å². The molecule has 0 amide bonds. The molecule has 1 aliphatic rings. The lowest BCUT2D eigenvalue weighted by Crippen LogP contribution is -2.34. The molecule has 1 N–H and O–H groups in total. The van der Waals surface area contributed by atoms with E-state index in [9.17, 15) is 0 Å². The van der Waals surface area contributed by atoms with Crippen molar-refractivity contribution < 1.29 is 0 Å². The summed E-state index contributed by atoms with van der Waals surface area (Å²) in [5.41, 5.74) is 2.49. The van der Waals surface area contributed by atoms with Gasteiger partial charge in [-0.05, 0) is 37.6 Å². The summed E-state index contributed by atoms with van der Waals surface area (Å²) in [6, 6.07) is 11.3. The van der Waals surface area contributed by atoms with Crippen LogP contribution in [0.5, 0.6) is 0 Å². The second kappa shape index (κ2) is 5.07. The van der Waals surface area contributed by atoms with Crippen LogP contribution in [0, 0.1) is 0 Å². The third kappa shape index (κ3) is 2.13. The molecule has 1 saturated carbocycles. The van der Waals surface area contributed by atoms with E-state index in [2.05, 4.69) is 47.8 Å². The molecule has 1 aliphatic carbocycles. The molecule has 1 aromatic heterocycles. The van der Waals surface area contributed by atoms with Crippen molar-refractivity contribution in [2.24, 2.45) is 0 Å². The van der Waals surface area contributed by atoms with Gasteiger partial charge in [0.25, 0.3) is 0 Å². The molecule has 2 atom stereocenters. The van der Waals surface area contributed by atoms with Crippen molar-refractivity contribution in [2.45, 2.75) is 37.6 Å². The largest absolute Gasteiger partial charge is 0.316 e. The summed E-state index contributed by atoms with van der Waals surface area (Å²) < 4.78 is 0. The first kappa shape index (κ1) is 11.7. The van der Waals surface area contributed by atoms with Gasteiger partial charge >= 0.3 is 0 Å². The molecule has 3 rings (SSSR count). The van der Waals surface area contributed by atoms with Crippen LogP contribution < -0.4 is 5.32 Å². The highest BCUT2D eigenvalue weighted by molar-refractivity contribution is 5.78. The SMILES string of the molecule is CNC1CCCCC1c1cnc2ccccc2c1. The van der Waals surface area contributed by atoms with Crippen molar-refractivity contribution >= 4 is 10.9 Å². The summed E-state index contributed by atoms with van der Waals surface area (Å²) in [6.07, 6.45) is 7.33. The highest BCUT2D eigenvalue weighted by atomic mass is 14.9. The molecule has 2 aromatic rings.